The molecule has 2 aromatic rings. The molecule has 4 heteroatoms. The average molecular weight is 287 g/mol. The molecule has 3 rings (SSSR count). The van der Waals surface area contributed by atoms with Crippen LogP contribution in [0.15, 0.2) is 34.7 Å². The molecule has 4 nitrogen and oxygen atoms in total. The van der Waals surface area contributed by atoms with Crippen LogP contribution in [0.2, 0.25) is 0 Å². The summed E-state index contributed by atoms with van der Waals surface area (Å²) in [6, 6.07) is 10.7. The molecule has 2 atom stereocenters. The monoisotopic (exact) mass is 287 g/mol. The van der Waals surface area contributed by atoms with Gasteiger partial charge in [-0.1, -0.05) is 25.1 Å². The number of benzene rings is 1. The van der Waals surface area contributed by atoms with E-state index in [0.29, 0.717) is 6.04 Å². The lowest BCUT2D eigenvalue weighted by molar-refractivity contribution is 0.0827. The molecule has 1 aliphatic rings. The van der Waals surface area contributed by atoms with Crippen LogP contribution in [0, 0.1) is 0 Å². The molecule has 0 spiro atoms. The molecule has 2 heterocycles. The van der Waals surface area contributed by atoms with Gasteiger partial charge in [-0.3, -0.25) is 9.80 Å². The Kier molecular flexibility index (Phi) is 4.29. The van der Waals surface area contributed by atoms with Gasteiger partial charge in [0.15, 0.2) is 0 Å². The standard InChI is InChI=1S/C17H25N3O/c1-3-20-9-8-19(11-13(20)2)12-15(18)17-10-14-6-4-5-7-16(14)21-17/h4-7,10,13,15H,3,8-9,11-12,18H2,1-2H3. The van der Waals surface area contributed by atoms with Crippen LogP contribution in [-0.4, -0.2) is 48.6 Å². The highest BCUT2D eigenvalue weighted by Crippen LogP contribution is 2.23. The fourth-order valence-electron chi connectivity index (χ4n) is 3.26. The zero-order chi connectivity index (χ0) is 14.8. The Morgan fingerprint density at radius 3 is 2.86 bits per heavy atom. The van der Waals surface area contributed by atoms with Gasteiger partial charge in [0.05, 0.1) is 6.04 Å². The Bertz CT molecular complexity index is 561. The van der Waals surface area contributed by atoms with Crippen molar-refractivity contribution < 1.29 is 4.42 Å². The molecule has 0 amide bonds. The largest absolute Gasteiger partial charge is 0.459 e. The number of nitrogens with zero attached hydrogens (tertiary/aromatic N) is 2. The van der Waals surface area contributed by atoms with Crippen molar-refractivity contribution in [3.05, 3.63) is 36.1 Å². The number of hydrogen-bond donors (Lipinski definition) is 1. The second-order valence-corrected chi connectivity index (χ2v) is 6.03. The molecule has 2 N–H and O–H groups in total. The molecule has 21 heavy (non-hydrogen) atoms. The summed E-state index contributed by atoms with van der Waals surface area (Å²) >= 11 is 0. The summed E-state index contributed by atoms with van der Waals surface area (Å²) in [5.74, 6) is 0.891. The third-order valence-electron chi connectivity index (χ3n) is 4.52. The predicted octanol–water partition coefficient (Wildman–Crippen LogP) is 2.46. The first-order valence-corrected chi connectivity index (χ1v) is 7.88. The maximum atomic E-state index is 6.35. The van der Waals surface area contributed by atoms with Crippen LogP contribution in [0.1, 0.15) is 25.6 Å². The fraction of sp³-hybridized carbons (Fsp3) is 0.529. The molecule has 1 fully saturated rings. The molecule has 1 aromatic carbocycles. The van der Waals surface area contributed by atoms with E-state index < -0.39 is 0 Å². The van der Waals surface area contributed by atoms with Gasteiger partial charge in [-0.05, 0) is 25.6 Å². The zero-order valence-corrected chi connectivity index (χ0v) is 13.0. The minimum Gasteiger partial charge on any atom is -0.459 e. The number of nitrogens with two attached hydrogens (primary N) is 1. The Labute approximate surface area is 126 Å². The minimum atomic E-state index is -0.0576. The van der Waals surface area contributed by atoms with Crippen molar-refractivity contribution >= 4 is 11.0 Å². The first-order valence-electron chi connectivity index (χ1n) is 7.88. The summed E-state index contributed by atoms with van der Waals surface area (Å²) in [4.78, 5) is 4.97. The van der Waals surface area contributed by atoms with Crippen LogP contribution >= 0.6 is 0 Å². The lowest BCUT2D eigenvalue weighted by atomic mass is 10.1. The highest BCUT2D eigenvalue weighted by Gasteiger charge is 2.24. The molecule has 0 saturated carbocycles. The molecule has 0 bridgehead atoms. The van der Waals surface area contributed by atoms with Gasteiger partial charge < -0.3 is 10.2 Å². The molecule has 0 aliphatic carbocycles. The smallest absolute Gasteiger partial charge is 0.134 e. The van der Waals surface area contributed by atoms with Crippen molar-refractivity contribution in [2.75, 3.05) is 32.7 Å². The SMILES string of the molecule is CCN1CCN(CC(N)c2cc3ccccc3o2)CC1C. The number of likely N-dealkylation sites (N-methyl/N-ethyl adjacent to an activating group) is 1. The third-order valence-corrected chi connectivity index (χ3v) is 4.52. The Morgan fingerprint density at radius 1 is 1.33 bits per heavy atom. The van der Waals surface area contributed by atoms with Crippen molar-refractivity contribution in [1.29, 1.82) is 0 Å². The summed E-state index contributed by atoms with van der Waals surface area (Å²) in [5.41, 5.74) is 7.28. The summed E-state index contributed by atoms with van der Waals surface area (Å²) in [6.07, 6.45) is 0. The summed E-state index contributed by atoms with van der Waals surface area (Å²) in [5, 5.41) is 1.13. The van der Waals surface area contributed by atoms with E-state index in [-0.39, 0.29) is 6.04 Å². The second-order valence-electron chi connectivity index (χ2n) is 6.03. The number of para-hydroxylation sites is 1. The first kappa shape index (κ1) is 14.6. The maximum absolute atomic E-state index is 6.35. The van der Waals surface area contributed by atoms with Gasteiger partial charge in [-0.15, -0.1) is 0 Å². The van der Waals surface area contributed by atoms with E-state index in [2.05, 4.69) is 35.8 Å². The van der Waals surface area contributed by atoms with Gasteiger partial charge in [-0.2, -0.15) is 0 Å². The van der Waals surface area contributed by atoms with E-state index >= 15 is 0 Å². The van der Waals surface area contributed by atoms with E-state index in [1.54, 1.807) is 0 Å². The number of piperazine rings is 1. The van der Waals surface area contributed by atoms with E-state index in [0.717, 1.165) is 49.5 Å². The van der Waals surface area contributed by atoms with Crippen molar-refractivity contribution in [3.63, 3.8) is 0 Å². The van der Waals surface area contributed by atoms with Crippen molar-refractivity contribution in [1.82, 2.24) is 9.80 Å². The van der Waals surface area contributed by atoms with Gasteiger partial charge in [0.25, 0.3) is 0 Å². The zero-order valence-electron chi connectivity index (χ0n) is 13.0. The van der Waals surface area contributed by atoms with Crippen molar-refractivity contribution in [2.45, 2.75) is 25.9 Å². The number of hydrogen-bond acceptors (Lipinski definition) is 4. The van der Waals surface area contributed by atoms with E-state index in [1.165, 1.54) is 0 Å². The quantitative estimate of drug-likeness (QED) is 0.938. The fourth-order valence-corrected chi connectivity index (χ4v) is 3.26. The molecular formula is C17H25N3O. The third kappa shape index (κ3) is 3.12. The highest BCUT2D eigenvalue weighted by atomic mass is 16.3. The molecule has 0 radical (unpaired) electrons. The lowest BCUT2D eigenvalue weighted by Gasteiger charge is -2.40. The average Bonchev–Trinajstić information content (AvgIpc) is 2.91. The maximum Gasteiger partial charge on any atom is 0.134 e. The van der Waals surface area contributed by atoms with E-state index in [1.807, 2.05) is 18.2 Å². The summed E-state index contributed by atoms with van der Waals surface area (Å²) in [6.45, 7) is 9.82. The minimum absolute atomic E-state index is 0.0576. The van der Waals surface area contributed by atoms with Crippen LogP contribution in [0.25, 0.3) is 11.0 Å². The van der Waals surface area contributed by atoms with Crippen molar-refractivity contribution in [3.8, 4) is 0 Å². The van der Waals surface area contributed by atoms with Crippen LogP contribution in [0.5, 0.6) is 0 Å². The molecule has 1 aliphatic heterocycles. The van der Waals surface area contributed by atoms with Crippen LogP contribution < -0.4 is 5.73 Å². The van der Waals surface area contributed by atoms with Crippen LogP contribution in [0.4, 0.5) is 0 Å². The van der Waals surface area contributed by atoms with Gasteiger partial charge >= 0.3 is 0 Å². The highest BCUT2D eigenvalue weighted by molar-refractivity contribution is 5.77. The molecule has 2 unspecified atom stereocenters. The Balaban J connectivity index is 1.65. The number of fused-ring (bicyclic) bond motifs is 1. The Morgan fingerprint density at radius 2 is 2.14 bits per heavy atom. The summed E-state index contributed by atoms with van der Waals surface area (Å²) < 4.78 is 5.88. The van der Waals surface area contributed by atoms with E-state index in [4.69, 9.17) is 10.2 Å². The lowest BCUT2D eigenvalue weighted by Crippen LogP contribution is -2.52. The molecular weight excluding hydrogens is 262 g/mol. The van der Waals surface area contributed by atoms with Gasteiger partial charge in [-0.25, -0.2) is 0 Å². The molecule has 1 saturated heterocycles. The first-order chi connectivity index (χ1) is 10.2. The van der Waals surface area contributed by atoms with Gasteiger partial charge in [0, 0.05) is 37.6 Å². The van der Waals surface area contributed by atoms with Crippen LogP contribution in [0.3, 0.4) is 0 Å². The van der Waals surface area contributed by atoms with Crippen molar-refractivity contribution in [2.24, 2.45) is 5.73 Å². The van der Waals surface area contributed by atoms with Gasteiger partial charge in [0.1, 0.15) is 11.3 Å². The molecule has 1 aromatic heterocycles. The molecule has 114 valence electrons. The summed E-state index contributed by atoms with van der Waals surface area (Å²) in [7, 11) is 0. The van der Waals surface area contributed by atoms with E-state index in [9.17, 15) is 0 Å². The number of rotatable bonds is 4. The normalized spacial score (nSPS) is 22.7. The number of furan rings is 1. The van der Waals surface area contributed by atoms with Gasteiger partial charge in [0.2, 0.25) is 0 Å². The second kappa shape index (κ2) is 6.18. The topological polar surface area (TPSA) is 45.6 Å². The predicted molar refractivity (Wildman–Crippen MR) is 86.3 cm³/mol. The Hall–Kier alpha value is -1.36. The van der Waals surface area contributed by atoms with Crippen LogP contribution in [-0.2, 0) is 0 Å².